The van der Waals surface area contributed by atoms with Gasteiger partial charge in [0.15, 0.2) is 0 Å². The molecular weight excluding hydrogens is 282 g/mol. The van der Waals surface area contributed by atoms with Crippen molar-refractivity contribution in [3.8, 4) is 5.75 Å². The van der Waals surface area contributed by atoms with Gasteiger partial charge in [0, 0.05) is 38.8 Å². The lowest BCUT2D eigenvalue weighted by atomic mass is 9.98. The predicted octanol–water partition coefficient (Wildman–Crippen LogP) is 0.917. The number of aromatic nitrogens is 1. The van der Waals surface area contributed by atoms with Gasteiger partial charge in [-0.15, -0.1) is 0 Å². The molecule has 1 amide bonds. The fourth-order valence-electron chi connectivity index (χ4n) is 3.40. The first-order valence-corrected chi connectivity index (χ1v) is 7.81. The number of piperidine rings is 1. The summed E-state index contributed by atoms with van der Waals surface area (Å²) < 4.78 is 5.82. The molecule has 3 rings (SSSR count). The van der Waals surface area contributed by atoms with E-state index < -0.39 is 0 Å². The maximum Gasteiger partial charge on any atom is 0.219 e. The van der Waals surface area contributed by atoms with Gasteiger partial charge in [0.1, 0.15) is 5.75 Å². The van der Waals surface area contributed by atoms with Gasteiger partial charge < -0.3 is 14.7 Å². The second-order valence-corrected chi connectivity index (χ2v) is 6.13. The van der Waals surface area contributed by atoms with Crippen LogP contribution in [0.15, 0.2) is 12.1 Å². The van der Waals surface area contributed by atoms with Crippen molar-refractivity contribution in [1.82, 2.24) is 14.8 Å². The molecule has 2 saturated heterocycles. The summed E-state index contributed by atoms with van der Waals surface area (Å²) in [5.74, 6) is 0.340. The highest BCUT2D eigenvalue weighted by molar-refractivity contribution is 5.73. The number of fused-ring (bicyclic) bond motifs is 1. The molecule has 0 radical (unpaired) electrons. The zero-order valence-corrected chi connectivity index (χ0v) is 13.2. The van der Waals surface area contributed by atoms with Gasteiger partial charge >= 0.3 is 0 Å². The van der Waals surface area contributed by atoms with Crippen LogP contribution in [-0.4, -0.2) is 64.2 Å². The van der Waals surface area contributed by atoms with E-state index in [0.29, 0.717) is 25.4 Å². The number of hydrogen-bond acceptors (Lipinski definition) is 5. The average molecular weight is 305 g/mol. The Labute approximate surface area is 130 Å². The summed E-state index contributed by atoms with van der Waals surface area (Å²) in [6.45, 7) is 7.08. The van der Waals surface area contributed by atoms with Crippen LogP contribution < -0.4 is 0 Å². The van der Waals surface area contributed by atoms with Gasteiger partial charge in [-0.05, 0) is 25.5 Å². The molecule has 6 heteroatoms. The van der Waals surface area contributed by atoms with Crippen LogP contribution in [0.2, 0.25) is 0 Å². The average Bonchev–Trinajstić information content (AvgIpc) is 2.50. The predicted molar refractivity (Wildman–Crippen MR) is 81.4 cm³/mol. The van der Waals surface area contributed by atoms with E-state index >= 15 is 0 Å². The third kappa shape index (κ3) is 3.08. The monoisotopic (exact) mass is 305 g/mol. The van der Waals surface area contributed by atoms with Crippen molar-refractivity contribution in [3.63, 3.8) is 0 Å². The van der Waals surface area contributed by atoms with E-state index in [1.54, 1.807) is 19.1 Å². The van der Waals surface area contributed by atoms with E-state index in [0.717, 1.165) is 25.2 Å². The molecule has 0 spiro atoms. The summed E-state index contributed by atoms with van der Waals surface area (Å²) in [6.07, 6.45) is 1.04. The van der Waals surface area contributed by atoms with Gasteiger partial charge in [0.25, 0.3) is 0 Å². The maximum absolute atomic E-state index is 11.8. The molecule has 0 bridgehead atoms. The van der Waals surface area contributed by atoms with Crippen molar-refractivity contribution in [2.75, 3.05) is 26.2 Å². The minimum absolute atomic E-state index is 0.104. The number of nitrogens with zero attached hydrogens (tertiary/aromatic N) is 3. The fraction of sp³-hybridized carbons (Fsp3) is 0.625. The number of aromatic hydroxyl groups is 1. The lowest BCUT2D eigenvalue weighted by Crippen LogP contribution is -2.60. The zero-order chi connectivity index (χ0) is 15.7. The molecular formula is C16H23N3O3. The standard InChI is InChI=1S/C16H23N3O3/c1-11-3-4-15(21)13(17-11)9-18-6-5-16-14(10-18)19(12(2)20)7-8-22-16/h3-4,14,16,21H,5-10H2,1-2H3. The van der Waals surface area contributed by atoms with Crippen LogP contribution >= 0.6 is 0 Å². The molecule has 2 unspecified atom stereocenters. The van der Waals surface area contributed by atoms with Crippen molar-refractivity contribution in [1.29, 1.82) is 0 Å². The molecule has 0 aromatic carbocycles. The van der Waals surface area contributed by atoms with Crippen LogP contribution in [0.25, 0.3) is 0 Å². The van der Waals surface area contributed by atoms with Crippen molar-refractivity contribution in [2.24, 2.45) is 0 Å². The summed E-state index contributed by atoms with van der Waals surface area (Å²) in [4.78, 5) is 20.4. The molecule has 0 saturated carbocycles. The SMILES string of the molecule is CC(=O)N1CCOC2CCN(Cc3nc(C)ccc3O)CC21. The van der Waals surface area contributed by atoms with Gasteiger partial charge in [-0.25, -0.2) is 0 Å². The smallest absolute Gasteiger partial charge is 0.219 e. The van der Waals surface area contributed by atoms with Crippen LogP contribution in [-0.2, 0) is 16.1 Å². The van der Waals surface area contributed by atoms with E-state index in [9.17, 15) is 9.90 Å². The second kappa shape index (κ2) is 6.22. The van der Waals surface area contributed by atoms with Gasteiger partial charge in [0.05, 0.1) is 24.4 Å². The maximum atomic E-state index is 11.8. The van der Waals surface area contributed by atoms with Crippen LogP contribution in [0.3, 0.4) is 0 Å². The lowest BCUT2D eigenvalue weighted by Gasteiger charge is -2.46. The first-order chi connectivity index (χ1) is 10.5. The van der Waals surface area contributed by atoms with E-state index in [-0.39, 0.29) is 23.8 Å². The molecule has 120 valence electrons. The molecule has 1 aromatic heterocycles. The fourth-order valence-corrected chi connectivity index (χ4v) is 3.40. The highest BCUT2D eigenvalue weighted by Crippen LogP contribution is 2.25. The molecule has 6 nitrogen and oxygen atoms in total. The molecule has 2 aliphatic heterocycles. The number of amides is 1. The molecule has 0 aliphatic carbocycles. The number of rotatable bonds is 2. The molecule has 2 fully saturated rings. The molecule has 2 aliphatic rings. The Morgan fingerprint density at radius 2 is 2.27 bits per heavy atom. The van der Waals surface area contributed by atoms with Crippen molar-refractivity contribution in [2.45, 2.75) is 39.0 Å². The van der Waals surface area contributed by atoms with Crippen molar-refractivity contribution >= 4 is 5.91 Å². The third-order valence-corrected chi connectivity index (χ3v) is 4.54. The first-order valence-electron chi connectivity index (χ1n) is 7.81. The van der Waals surface area contributed by atoms with E-state index in [2.05, 4.69) is 9.88 Å². The molecule has 1 aromatic rings. The summed E-state index contributed by atoms with van der Waals surface area (Å²) in [7, 11) is 0. The van der Waals surface area contributed by atoms with Gasteiger partial charge in [0.2, 0.25) is 5.91 Å². The van der Waals surface area contributed by atoms with Crippen molar-refractivity contribution < 1.29 is 14.6 Å². The van der Waals surface area contributed by atoms with Gasteiger partial charge in [-0.2, -0.15) is 0 Å². The number of pyridine rings is 1. The Morgan fingerprint density at radius 1 is 1.45 bits per heavy atom. The van der Waals surface area contributed by atoms with Crippen molar-refractivity contribution in [3.05, 3.63) is 23.5 Å². The Morgan fingerprint density at radius 3 is 3.05 bits per heavy atom. The summed E-state index contributed by atoms with van der Waals surface area (Å²) in [6, 6.07) is 3.60. The topological polar surface area (TPSA) is 65.9 Å². The lowest BCUT2D eigenvalue weighted by molar-refractivity contribution is -0.150. The highest BCUT2D eigenvalue weighted by Gasteiger charge is 2.38. The molecule has 2 atom stereocenters. The minimum Gasteiger partial charge on any atom is -0.506 e. The summed E-state index contributed by atoms with van der Waals surface area (Å²) >= 11 is 0. The van der Waals surface area contributed by atoms with Gasteiger partial charge in [-0.3, -0.25) is 14.7 Å². The molecule has 1 N–H and O–H groups in total. The number of aryl methyl sites for hydroxylation is 1. The quantitative estimate of drug-likeness (QED) is 0.880. The largest absolute Gasteiger partial charge is 0.506 e. The zero-order valence-electron chi connectivity index (χ0n) is 13.2. The van der Waals surface area contributed by atoms with E-state index in [1.165, 1.54) is 0 Å². The van der Waals surface area contributed by atoms with Crippen LogP contribution in [0.1, 0.15) is 24.7 Å². The van der Waals surface area contributed by atoms with E-state index in [1.807, 2.05) is 11.8 Å². The Bertz CT molecular complexity index is 564. The minimum atomic E-state index is 0.104. The van der Waals surface area contributed by atoms with Crippen LogP contribution in [0.5, 0.6) is 5.75 Å². The number of likely N-dealkylation sites (tertiary alicyclic amines) is 1. The van der Waals surface area contributed by atoms with Crippen LogP contribution in [0.4, 0.5) is 0 Å². The highest BCUT2D eigenvalue weighted by atomic mass is 16.5. The normalized spacial score (nSPS) is 25.8. The van der Waals surface area contributed by atoms with Crippen LogP contribution in [0, 0.1) is 6.92 Å². The third-order valence-electron chi connectivity index (χ3n) is 4.54. The number of carbonyl (C=O) groups is 1. The number of carbonyl (C=O) groups excluding carboxylic acids is 1. The number of morpholine rings is 1. The number of ether oxygens (including phenoxy) is 1. The molecule has 3 heterocycles. The van der Waals surface area contributed by atoms with Gasteiger partial charge in [-0.1, -0.05) is 0 Å². The number of hydrogen-bond donors (Lipinski definition) is 1. The second-order valence-electron chi connectivity index (χ2n) is 6.13. The molecule has 22 heavy (non-hydrogen) atoms. The van der Waals surface area contributed by atoms with E-state index in [4.69, 9.17) is 4.74 Å². The Kier molecular flexibility index (Phi) is 4.31. The summed E-state index contributed by atoms with van der Waals surface area (Å²) in [5, 5.41) is 9.96. The Hall–Kier alpha value is -1.66. The summed E-state index contributed by atoms with van der Waals surface area (Å²) in [5.41, 5.74) is 1.60. The Balaban J connectivity index is 1.71. The first kappa shape index (κ1) is 15.2.